The summed E-state index contributed by atoms with van der Waals surface area (Å²) in [4.78, 5) is 0. The van der Waals surface area contributed by atoms with Gasteiger partial charge in [-0.1, -0.05) is 45.6 Å². The van der Waals surface area contributed by atoms with Gasteiger partial charge in [-0.3, -0.25) is 0 Å². The van der Waals surface area contributed by atoms with Crippen molar-refractivity contribution in [3.05, 3.63) is 11.6 Å². The second-order valence-corrected chi connectivity index (χ2v) is 7.02. The number of aliphatic hydroxyl groups is 1. The third-order valence-electron chi connectivity index (χ3n) is 5.18. The van der Waals surface area contributed by atoms with Gasteiger partial charge in [-0.2, -0.15) is 0 Å². The third kappa shape index (κ3) is 3.38. The molecule has 0 saturated heterocycles. The molecule has 1 saturated carbocycles. The first-order chi connectivity index (χ1) is 8.61. The van der Waals surface area contributed by atoms with Gasteiger partial charge in [0.15, 0.2) is 0 Å². The van der Waals surface area contributed by atoms with Gasteiger partial charge in [0, 0.05) is 0 Å². The van der Waals surface area contributed by atoms with E-state index in [-0.39, 0.29) is 6.10 Å². The summed E-state index contributed by atoms with van der Waals surface area (Å²) in [7, 11) is 0. The molecule has 0 amide bonds. The highest BCUT2D eigenvalue weighted by atomic mass is 16.3. The number of rotatable bonds is 2. The summed E-state index contributed by atoms with van der Waals surface area (Å²) in [5.41, 5.74) is 1.68. The summed E-state index contributed by atoms with van der Waals surface area (Å²) in [6, 6.07) is 0. The van der Waals surface area contributed by atoms with Crippen molar-refractivity contribution in [2.45, 2.75) is 84.2 Å². The van der Waals surface area contributed by atoms with Crippen LogP contribution in [0.4, 0.5) is 0 Å². The van der Waals surface area contributed by atoms with E-state index in [1.54, 1.807) is 0 Å². The average molecular weight is 250 g/mol. The molecule has 1 nitrogen and oxygen atoms in total. The maximum Gasteiger partial charge on any atom is 0.0783 e. The molecule has 0 aromatic heterocycles. The predicted octanol–water partition coefficient (Wildman–Crippen LogP) is 4.84. The van der Waals surface area contributed by atoms with Crippen molar-refractivity contribution in [3.8, 4) is 0 Å². The molecule has 0 spiro atoms. The third-order valence-corrected chi connectivity index (χ3v) is 5.18. The highest BCUT2D eigenvalue weighted by molar-refractivity contribution is 5.12. The van der Waals surface area contributed by atoms with Crippen LogP contribution in [0.1, 0.15) is 78.1 Å². The van der Waals surface area contributed by atoms with Crippen molar-refractivity contribution < 1.29 is 5.11 Å². The summed E-state index contributed by atoms with van der Waals surface area (Å²) in [5, 5.41) is 10.8. The SMILES string of the molecule is CC1(C)CCCCC1C(O)C1=CCCCCCC1. The molecule has 2 unspecified atom stereocenters. The number of hydrogen-bond donors (Lipinski definition) is 1. The summed E-state index contributed by atoms with van der Waals surface area (Å²) in [6.45, 7) is 4.70. The highest BCUT2D eigenvalue weighted by Crippen LogP contribution is 2.44. The number of hydrogen-bond acceptors (Lipinski definition) is 1. The first-order valence-corrected chi connectivity index (χ1v) is 7.98. The lowest BCUT2D eigenvalue weighted by molar-refractivity contribution is 0.0237. The molecular weight excluding hydrogens is 220 g/mol. The quantitative estimate of drug-likeness (QED) is 0.695. The Morgan fingerprint density at radius 3 is 2.67 bits per heavy atom. The van der Waals surface area contributed by atoms with Crippen LogP contribution in [0.5, 0.6) is 0 Å². The van der Waals surface area contributed by atoms with Gasteiger partial charge in [-0.25, -0.2) is 0 Å². The topological polar surface area (TPSA) is 20.2 Å². The molecule has 2 rings (SSSR count). The second kappa shape index (κ2) is 6.23. The van der Waals surface area contributed by atoms with Crippen molar-refractivity contribution in [2.24, 2.45) is 11.3 Å². The Kier molecular flexibility index (Phi) is 4.89. The minimum Gasteiger partial charge on any atom is -0.388 e. The standard InChI is InChI=1S/C17H30O/c1-17(2)13-9-8-12-15(17)16(18)14-10-6-4-3-5-7-11-14/h10,15-16,18H,3-9,11-13H2,1-2H3. The van der Waals surface area contributed by atoms with Crippen LogP contribution >= 0.6 is 0 Å². The van der Waals surface area contributed by atoms with Gasteiger partial charge < -0.3 is 5.11 Å². The molecule has 104 valence electrons. The van der Waals surface area contributed by atoms with Crippen LogP contribution in [0.15, 0.2) is 11.6 Å². The smallest absolute Gasteiger partial charge is 0.0783 e. The van der Waals surface area contributed by atoms with Crippen molar-refractivity contribution in [3.63, 3.8) is 0 Å². The van der Waals surface area contributed by atoms with E-state index in [0.29, 0.717) is 11.3 Å². The van der Waals surface area contributed by atoms with Crippen molar-refractivity contribution in [2.75, 3.05) is 0 Å². The number of allylic oxidation sites excluding steroid dienone is 1. The van der Waals surface area contributed by atoms with Gasteiger partial charge in [-0.05, 0) is 55.4 Å². The highest BCUT2D eigenvalue weighted by Gasteiger charge is 2.37. The lowest BCUT2D eigenvalue weighted by Gasteiger charge is -2.42. The Balaban J connectivity index is 2.06. The number of aliphatic hydroxyl groups excluding tert-OH is 1. The molecule has 2 aliphatic carbocycles. The second-order valence-electron chi connectivity index (χ2n) is 7.02. The molecule has 0 aromatic carbocycles. The Hall–Kier alpha value is -0.300. The van der Waals surface area contributed by atoms with E-state index in [9.17, 15) is 5.11 Å². The van der Waals surface area contributed by atoms with E-state index in [1.807, 2.05) is 0 Å². The van der Waals surface area contributed by atoms with Gasteiger partial charge in [0.2, 0.25) is 0 Å². The molecule has 1 N–H and O–H groups in total. The molecule has 2 atom stereocenters. The Labute approximate surface area is 113 Å². The first kappa shape index (κ1) is 14.1. The molecule has 0 bridgehead atoms. The largest absolute Gasteiger partial charge is 0.388 e. The lowest BCUT2D eigenvalue weighted by Crippen LogP contribution is -2.37. The fourth-order valence-corrected chi connectivity index (χ4v) is 3.85. The zero-order valence-electron chi connectivity index (χ0n) is 12.3. The molecule has 0 radical (unpaired) electrons. The fourth-order valence-electron chi connectivity index (χ4n) is 3.85. The summed E-state index contributed by atoms with van der Waals surface area (Å²) < 4.78 is 0. The van der Waals surface area contributed by atoms with Crippen LogP contribution in [-0.4, -0.2) is 11.2 Å². The zero-order valence-corrected chi connectivity index (χ0v) is 12.3. The summed E-state index contributed by atoms with van der Waals surface area (Å²) in [5.74, 6) is 0.483. The monoisotopic (exact) mass is 250 g/mol. The van der Waals surface area contributed by atoms with Crippen LogP contribution in [0, 0.1) is 11.3 Å². The van der Waals surface area contributed by atoms with Crippen LogP contribution in [0.3, 0.4) is 0 Å². The molecule has 0 aliphatic heterocycles. The Morgan fingerprint density at radius 2 is 1.89 bits per heavy atom. The molecule has 2 aliphatic rings. The average Bonchev–Trinajstić information content (AvgIpc) is 2.27. The van der Waals surface area contributed by atoms with Crippen LogP contribution < -0.4 is 0 Å². The van der Waals surface area contributed by atoms with E-state index < -0.39 is 0 Å². The van der Waals surface area contributed by atoms with Crippen LogP contribution in [0.2, 0.25) is 0 Å². The normalized spacial score (nSPS) is 31.1. The first-order valence-electron chi connectivity index (χ1n) is 7.98. The van der Waals surface area contributed by atoms with Gasteiger partial charge >= 0.3 is 0 Å². The van der Waals surface area contributed by atoms with Gasteiger partial charge in [-0.15, -0.1) is 0 Å². The summed E-state index contributed by atoms with van der Waals surface area (Å²) in [6.07, 6.45) is 14.9. The zero-order chi connectivity index (χ0) is 13.0. The minimum absolute atomic E-state index is 0.168. The Bertz CT molecular complexity index is 290. The van der Waals surface area contributed by atoms with Gasteiger partial charge in [0.1, 0.15) is 0 Å². The van der Waals surface area contributed by atoms with E-state index in [0.717, 1.165) is 6.42 Å². The summed E-state index contributed by atoms with van der Waals surface area (Å²) >= 11 is 0. The molecule has 0 heterocycles. The van der Waals surface area contributed by atoms with E-state index >= 15 is 0 Å². The molecule has 1 fully saturated rings. The van der Waals surface area contributed by atoms with Crippen molar-refractivity contribution >= 4 is 0 Å². The van der Waals surface area contributed by atoms with Crippen LogP contribution in [0.25, 0.3) is 0 Å². The fraction of sp³-hybridized carbons (Fsp3) is 0.882. The van der Waals surface area contributed by atoms with Gasteiger partial charge in [0.25, 0.3) is 0 Å². The maximum absolute atomic E-state index is 10.8. The van der Waals surface area contributed by atoms with E-state index in [1.165, 1.54) is 63.4 Å². The Morgan fingerprint density at radius 1 is 1.11 bits per heavy atom. The van der Waals surface area contributed by atoms with Crippen LogP contribution in [-0.2, 0) is 0 Å². The van der Waals surface area contributed by atoms with Crippen molar-refractivity contribution in [1.82, 2.24) is 0 Å². The molecule has 18 heavy (non-hydrogen) atoms. The molecule has 0 aromatic rings. The van der Waals surface area contributed by atoms with E-state index in [4.69, 9.17) is 0 Å². The van der Waals surface area contributed by atoms with E-state index in [2.05, 4.69) is 19.9 Å². The lowest BCUT2D eigenvalue weighted by atomic mass is 9.65. The minimum atomic E-state index is -0.168. The van der Waals surface area contributed by atoms with Gasteiger partial charge in [0.05, 0.1) is 6.10 Å². The predicted molar refractivity (Wildman–Crippen MR) is 77.5 cm³/mol. The maximum atomic E-state index is 10.8. The molecular formula is C17H30O. The van der Waals surface area contributed by atoms with Crippen molar-refractivity contribution in [1.29, 1.82) is 0 Å². The molecule has 1 heteroatoms.